The monoisotopic (exact) mass is 348 g/mol. The number of carboxylic acid groups (broad SMARTS) is 1. The highest BCUT2D eigenvalue weighted by Gasteiger charge is 2.37. The molecule has 2 aromatic carbocycles. The summed E-state index contributed by atoms with van der Waals surface area (Å²) in [6, 6.07) is 11.7. The Kier molecular flexibility index (Phi) is 3.52. The van der Waals surface area contributed by atoms with E-state index >= 15 is 0 Å². The van der Waals surface area contributed by atoms with Gasteiger partial charge in [-0.1, -0.05) is 45.9 Å². The van der Waals surface area contributed by atoms with Crippen molar-refractivity contribution in [3.63, 3.8) is 0 Å². The fourth-order valence-electron chi connectivity index (χ4n) is 4.08. The zero-order valence-corrected chi connectivity index (χ0v) is 15.7. The van der Waals surface area contributed by atoms with Gasteiger partial charge < -0.3 is 10.1 Å². The zero-order chi connectivity index (χ0) is 18.7. The number of nitrogens with one attached hydrogen (secondary N) is 1. The summed E-state index contributed by atoms with van der Waals surface area (Å²) in [5, 5.41) is 9.39. The van der Waals surface area contributed by atoms with Crippen molar-refractivity contribution >= 4 is 17.0 Å². The first-order valence-corrected chi connectivity index (χ1v) is 9.06. The Balaban J connectivity index is 1.89. The smallest absolute Gasteiger partial charge is 0.337 e. The maximum absolute atomic E-state index is 11.5. The third kappa shape index (κ3) is 2.52. The Morgan fingerprint density at radius 3 is 2.42 bits per heavy atom. The summed E-state index contributed by atoms with van der Waals surface area (Å²) in [4.78, 5) is 19.3. The minimum absolute atomic E-state index is 0.124. The van der Waals surface area contributed by atoms with Crippen LogP contribution in [0.15, 0.2) is 36.4 Å². The average molecular weight is 348 g/mol. The molecule has 1 aromatic heterocycles. The summed E-state index contributed by atoms with van der Waals surface area (Å²) in [6.07, 6.45) is 2.33. The van der Waals surface area contributed by atoms with E-state index in [1.165, 1.54) is 17.5 Å². The molecule has 1 heterocycles. The minimum Gasteiger partial charge on any atom is -0.478 e. The first-order chi connectivity index (χ1) is 12.2. The van der Waals surface area contributed by atoms with Crippen LogP contribution in [0.5, 0.6) is 0 Å². The zero-order valence-electron chi connectivity index (χ0n) is 15.7. The van der Waals surface area contributed by atoms with Crippen molar-refractivity contribution in [2.75, 3.05) is 0 Å². The van der Waals surface area contributed by atoms with Gasteiger partial charge in [0.2, 0.25) is 0 Å². The second-order valence-corrected chi connectivity index (χ2v) is 8.62. The molecule has 0 aliphatic heterocycles. The lowest BCUT2D eigenvalue weighted by molar-refractivity contribution is 0.0699. The molecular formula is C22H24N2O2. The fourth-order valence-corrected chi connectivity index (χ4v) is 4.08. The maximum Gasteiger partial charge on any atom is 0.337 e. The summed E-state index contributed by atoms with van der Waals surface area (Å²) in [6.45, 7) is 9.21. The second kappa shape index (κ2) is 5.44. The molecule has 4 nitrogen and oxygen atoms in total. The van der Waals surface area contributed by atoms with E-state index in [1.807, 2.05) is 6.07 Å². The second-order valence-electron chi connectivity index (χ2n) is 8.62. The largest absolute Gasteiger partial charge is 0.478 e. The standard InChI is InChI=1S/C22H24N2O2/c1-21(2)10-11-22(3,4)16-12-13(8-9-15(16)21)19-23-17-7-5-6-14(20(25)26)18(17)24-19/h5-9,12H,10-11H2,1-4H3,(H,23,24)(H,25,26). The number of hydrogen-bond acceptors (Lipinski definition) is 2. The fraction of sp³-hybridized carbons (Fsp3) is 0.364. The molecule has 0 saturated carbocycles. The first kappa shape index (κ1) is 16.8. The highest BCUT2D eigenvalue weighted by Crippen LogP contribution is 2.46. The van der Waals surface area contributed by atoms with E-state index in [9.17, 15) is 9.90 Å². The predicted octanol–water partition coefficient (Wildman–Crippen LogP) is 5.28. The maximum atomic E-state index is 11.5. The van der Waals surface area contributed by atoms with Crippen LogP contribution in [0.3, 0.4) is 0 Å². The molecule has 0 spiro atoms. The van der Waals surface area contributed by atoms with Crippen molar-refractivity contribution in [2.45, 2.75) is 51.4 Å². The number of aromatic nitrogens is 2. The number of carbonyl (C=O) groups is 1. The molecule has 134 valence electrons. The van der Waals surface area contributed by atoms with Gasteiger partial charge in [-0.3, -0.25) is 0 Å². The first-order valence-electron chi connectivity index (χ1n) is 9.06. The summed E-state index contributed by atoms with van der Waals surface area (Å²) in [5.74, 6) is -0.238. The summed E-state index contributed by atoms with van der Waals surface area (Å²) < 4.78 is 0. The molecule has 0 saturated heterocycles. The number of para-hydroxylation sites is 1. The normalized spacial score (nSPS) is 17.8. The van der Waals surface area contributed by atoms with Crippen LogP contribution in [0.2, 0.25) is 0 Å². The number of H-pyrrole nitrogens is 1. The molecule has 0 unspecified atom stereocenters. The molecule has 3 aromatic rings. The van der Waals surface area contributed by atoms with Crippen LogP contribution in [0.4, 0.5) is 0 Å². The number of aromatic amines is 1. The van der Waals surface area contributed by atoms with Crippen molar-refractivity contribution in [1.29, 1.82) is 0 Å². The van der Waals surface area contributed by atoms with Gasteiger partial charge in [0.15, 0.2) is 0 Å². The highest BCUT2D eigenvalue weighted by molar-refractivity contribution is 6.01. The molecule has 1 aliphatic rings. The van der Waals surface area contributed by atoms with Crippen LogP contribution in [-0.2, 0) is 10.8 Å². The Labute approximate surface area is 153 Å². The lowest BCUT2D eigenvalue weighted by Crippen LogP contribution is -2.33. The molecule has 4 rings (SSSR count). The van der Waals surface area contributed by atoms with E-state index in [1.54, 1.807) is 12.1 Å². The van der Waals surface area contributed by atoms with Gasteiger partial charge >= 0.3 is 5.97 Å². The SMILES string of the molecule is CC1(C)CCC(C)(C)c2cc(-c3nc4c(C(=O)O)cccc4[nH]3)ccc21. The summed E-state index contributed by atoms with van der Waals surface area (Å²) >= 11 is 0. The quantitative estimate of drug-likeness (QED) is 0.662. The third-order valence-corrected chi connectivity index (χ3v) is 5.87. The Morgan fingerprint density at radius 1 is 1.04 bits per heavy atom. The Hall–Kier alpha value is -2.62. The summed E-state index contributed by atoms with van der Waals surface area (Å²) in [5.41, 5.74) is 5.55. The van der Waals surface area contributed by atoms with E-state index in [-0.39, 0.29) is 16.4 Å². The molecule has 0 fully saturated rings. The van der Waals surface area contributed by atoms with Crippen LogP contribution in [0, 0.1) is 0 Å². The average Bonchev–Trinajstić information content (AvgIpc) is 3.02. The summed E-state index contributed by atoms with van der Waals surface area (Å²) in [7, 11) is 0. The van der Waals surface area contributed by atoms with E-state index in [2.05, 4.69) is 55.9 Å². The number of carboxylic acids is 1. The van der Waals surface area contributed by atoms with Crippen molar-refractivity contribution in [3.05, 3.63) is 53.1 Å². The molecule has 0 atom stereocenters. The van der Waals surface area contributed by atoms with Crippen LogP contribution >= 0.6 is 0 Å². The van der Waals surface area contributed by atoms with Gasteiger partial charge in [0.25, 0.3) is 0 Å². The van der Waals surface area contributed by atoms with Crippen molar-refractivity contribution < 1.29 is 9.90 Å². The number of hydrogen-bond donors (Lipinski definition) is 2. The molecule has 0 amide bonds. The molecule has 1 aliphatic carbocycles. The Bertz CT molecular complexity index is 1030. The van der Waals surface area contributed by atoms with Gasteiger partial charge in [-0.05, 0) is 53.0 Å². The van der Waals surface area contributed by atoms with Crippen molar-refractivity contribution in [1.82, 2.24) is 9.97 Å². The van der Waals surface area contributed by atoms with Gasteiger partial charge in [-0.2, -0.15) is 0 Å². The van der Waals surface area contributed by atoms with Crippen LogP contribution in [-0.4, -0.2) is 21.0 Å². The van der Waals surface area contributed by atoms with Gasteiger partial charge in [0.1, 0.15) is 11.3 Å². The van der Waals surface area contributed by atoms with Gasteiger partial charge in [0.05, 0.1) is 11.1 Å². The number of imidazole rings is 1. The van der Waals surface area contributed by atoms with E-state index < -0.39 is 5.97 Å². The number of rotatable bonds is 2. The van der Waals surface area contributed by atoms with Crippen molar-refractivity contribution in [2.24, 2.45) is 0 Å². The van der Waals surface area contributed by atoms with E-state index in [0.717, 1.165) is 23.3 Å². The van der Waals surface area contributed by atoms with Crippen LogP contribution in [0.25, 0.3) is 22.4 Å². The lowest BCUT2D eigenvalue weighted by atomic mass is 9.63. The molecule has 0 bridgehead atoms. The predicted molar refractivity (Wildman–Crippen MR) is 104 cm³/mol. The van der Waals surface area contributed by atoms with Gasteiger partial charge in [0, 0.05) is 5.56 Å². The molecule has 0 radical (unpaired) electrons. The number of fused-ring (bicyclic) bond motifs is 2. The molecule has 2 N–H and O–H groups in total. The van der Waals surface area contributed by atoms with Gasteiger partial charge in [-0.25, -0.2) is 9.78 Å². The molecule has 4 heteroatoms. The van der Waals surface area contributed by atoms with E-state index in [4.69, 9.17) is 0 Å². The third-order valence-electron chi connectivity index (χ3n) is 5.87. The molecule has 26 heavy (non-hydrogen) atoms. The number of aromatic carboxylic acids is 1. The molecular weight excluding hydrogens is 324 g/mol. The van der Waals surface area contributed by atoms with Crippen molar-refractivity contribution in [3.8, 4) is 11.4 Å². The number of benzene rings is 2. The van der Waals surface area contributed by atoms with Crippen LogP contribution < -0.4 is 0 Å². The Morgan fingerprint density at radius 2 is 1.73 bits per heavy atom. The van der Waals surface area contributed by atoms with Gasteiger partial charge in [-0.15, -0.1) is 0 Å². The number of nitrogens with zero attached hydrogens (tertiary/aromatic N) is 1. The van der Waals surface area contributed by atoms with Crippen LogP contribution in [0.1, 0.15) is 62.0 Å². The minimum atomic E-state index is -0.957. The van der Waals surface area contributed by atoms with E-state index in [0.29, 0.717) is 5.52 Å². The highest BCUT2D eigenvalue weighted by atomic mass is 16.4. The lowest BCUT2D eigenvalue weighted by Gasteiger charge is -2.42. The topological polar surface area (TPSA) is 66.0 Å².